The predicted molar refractivity (Wildman–Crippen MR) is 224 cm³/mol. The lowest BCUT2D eigenvalue weighted by Gasteiger charge is -2.32. The maximum absolute atomic E-state index is 11.8. The first-order chi connectivity index (χ1) is 25.8. The van der Waals surface area contributed by atoms with E-state index in [9.17, 15) is 9.59 Å². The second-order valence-corrected chi connectivity index (χ2v) is 18.1. The van der Waals surface area contributed by atoms with Crippen LogP contribution in [0.4, 0.5) is 0 Å². The summed E-state index contributed by atoms with van der Waals surface area (Å²) in [6.07, 6.45) is 0. The number of carbonyl (C=O) groups is 2. The van der Waals surface area contributed by atoms with E-state index in [1.54, 1.807) is 26.0 Å². The number of ether oxygens (including phenoxy) is 2. The van der Waals surface area contributed by atoms with Crippen LogP contribution in [-0.4, -0.2) is 89.9 Å². The van der Waals surface area contributed by atoms with E-state index in [1.165, 1.54) is 0 Å². The monoisotopic (exact) mass is 836 g/mol. The largest absolute Gasteiger partial charge is 0.494 e. The van der Waals surface area contributed by atoms with E-state index in [2.05, 4.69) is 25.9 Å². The molecule has 0 bridgehead atoms. The number of aromatic nitrogens is 2. The highest BCUT2D eigenvalue weighted by atomic mass is 79.9. The molecule has 2 aromatic heterocycles. The Hall–Kier alpha value is -3.11. The Kier molecular flexibility index (Phi) is 12.5. The topological polar surface area (TPSA) is 140 Å². The van der Waals surface area contributed by atoms with Gasteiger partial charge in [0, 0.05) is 20.9 Å². The molecule has 0 saturated carbocycles. The minimum atomic E-state index is -0.476. The number of aromatic amines is 2. The van der Waals surface area contributed by atoms with Gasteiger partial charge in [-0.15, -0.1) is 0 Å². The maximum atomic E-state index is 11.8. The van der Waals surface area contributed by atoms with Crippen LogP contribution in [0.2, 0.25) is 0 Å². The minimum absolute atomic E-state index is 0.315. The van der Waals surface area contributed by atoms with Gasteiger partial charge in [-0.1, -0.05) is 28.1 Å². The maximum Gasteiger partial charge on any atom is 0.494 e. The van der Waals surface area contributed by atoms with Gasteiger partial charge in [-0.3, -0.25) is 0 Å². The Bertz CT molecular complexity index is 1980. The lowest BCUT2D eigenvalue weighted by atomic mass is 9.49. The van der Waals surface area contributed by atoms with Crippen LogP contribution in [0.3, 0.4) is 0 Å². The zero-order valence-electron chi connectivity index (χ0n) is 35.2. The molecule has 3 aliphatic rings. The summed E-state index contributed by atoms with van der Waals surface area (Å²) >= 11 is 3.38. The number of halogens is 1. The number of hydrogen-bond acceptors (Lipinski definition) is 10. The Balaban J connectivity index is 0.000000165. The van der Waals surface area contributed by atoms with E-state index in [4.69, 9.17) is 37.4 Å². The first-order valence-electron chi connectivity index (χ1n) is 19.1. The van der Waals surface area contributed by atoms with Crippen LogP contribution in [0.1, 0.15) is 118 Å². The first-order valence-corrected chi connectivity index (χ1v) is 19.9. The fraction of sp³-hybridized carbons (Fsp3) is 0.550. The molecule has 0 amide bonds. The molecule has 0 unspecified atom stereocenters. The second kappa shape index (κ2) is 15.9. The van der Waals surface area contributed by atoms with Crippen molar-refractivity contribution >= 4 is 76.3 Å². The van der Waals surface area contributed by atoms with Crippen LogP contribution >= 0.6 is 15.9 Å². The van der Waals surface area contributed by atoms with Crippen molar-refractivity contribution in [2.75, 3.05) is 13.2 Å². The molecular formula is C40H56B3BrN2O10. The summed E-state index contributed by atoms with van der Waals surface area (Å²) in [5, 5.41) is 1.92. The molecule has 56 heavy (non-hydrogen) atoms. The summed E-state index contributed by atoms with van der Waals surface area (Å²) < 4.78 is 46.9. The summed E-state index contributed by atoms with van der Waals surface area (Å²) in [7, 11) is -1.36. The number of fused-ring (bicyclic) bond motifs is 2. The molecule has 3 aliphatic heterocycles. The number of carbonyl (C=O) groups excluding carboxylic acids is 2. The molecule has 5 heterocycles. The number of benzene rings is 2. The quantitative estimate of drug-likeness (QED) is 0.145. The zero-order chi connectivity index (χ0) is 41.6. The first kappa shape index (κ1) is 44.0. The van der Waals surface area contributed by atoms with Crippen LogP contribution < -0.4 is 5.46 Å². The van der Waals surface area contributed by atoms with Crippen molar-refractivity contribution in [1.29, 1.82) is 0 Å². The van der Waals surface area contributed by atoms with Crippen LogP contribution in [0.5, 0.6) is 0 Å². The van der Waals surface area contributed by atoms with E-state index in [0.717, 1.165) is 31.7 Å². The smallest absolute Gasteiger partial charge is 0.461 e. The number of esters is 2. The molecule has 2 N–H and O–H groups in total. The summed E-state index contributed by atoms with van der Waals surface area (Å²) in [6, 6.07) is 15.2. The van der Waals surface area contributed by atoms with Crippen LogP contribution in [0.25, 0.3) is 21.8 Å². The fourth-order valence-electron chi connectivity index (χ4n) is 6.02. The van der Waals surface area contributed by atoms with E-state index in [-0.39, 0.29) is 45.5 Å². The molecule has 0 aliphatic carbocycles. The standard InChI is InChI=1S/C17H22BNO4.C12H24B2O4.C11H10BrNO2/c1-6-21-15(20)14-10-11-9-12(7-8-13(11)19-14)18-22-16(2,3)17(4,5)23-18;1-9(2)10(3,4)16-13(15-9)14-17-11(5,6)12(7,8)18-14;1-2-15-11(14)10-6-7-5-8(12)3-4-9(7)13-10/h7-10,19H,6H2,1-5H3;1-8H3;3-6,13H,2H2,1H3. The molecule has 3 saturated heterocycles. The molecule has 7 rings (SSSR count). The average Bonchev–Trinajstić information content (AvgIpc) is 3.85. The van der Waals surface area contributed by atoms with Gasteiger partial charge < -0.3 is 47.4 Å². The van der Waals surface area contributed by atoms with Crippen molar-refractivity contribution < 1.29 is 47.0 Å². The van der Waals surface area contributed by atoms with Crippen molar-refractivity contribution in [3.05, 3.63) is 64.4 Å². The molecule has 12 nitrogen and oxygen atoms in total. The summed E-state index contributed by atoms with van der Waals surface area (Å²) in [5.41, 5.74) is 1.50. The summed E-state index contributed by atoms with van der Waals surface area (Å²) in [6.45, 7) is 28.6. The van der Waals surface area contributed by atoms with Gasteiger partial charge in [0.05, 0.1) is 46.8 Å². The van der Waals surface area contributed by atoms with Gasteiger partial charge in [0.15, 0.2) is 0 Å². The zero-order valence-corrected chi connectivity index (χ0v) is 36.8. The average molecular weight is 837 g/mol. The molecule has 4 aromatic rings. The van der Waals surface area contributed by atoms with Gasteiger partial charge in [0.1, 0.15) is 11.4 Å². The van der Waals surface area contributed by atoms with Gasteiger partial charge >= 0.3 is 33.1 Å². The van der Waals surface area contributed by atoms with Crippen LogP contribution in [0.15, 0.2) is 53.0 Å². The van der Waals surface area contributed by atoms with Crippen molar-refractivity contribution in [3.63, 3.8) is 0 Å². The van der Waals surface area contributed by atoms with Crippen LogP contribution in [-0.2, 0) is 37.4 Å². The summed E-state index contributed by atoms with van der Waals surface area (Å²) in [5.74, 6) is -0.661. The molecule has 0 spiro atoms. The third-order valence-electron chi connectivity index (χ3n) is 11.5. The molecule has 302 valence electrons. The Labute approximate surface area is 340 Å². The third kappa shape index (κ3) is 9.12. The van der Waals surface area contributed by atoms with Gasteiger partial charge in [0.25, 0.3) is 0 Å². The Morgan fingerprint density at radius 2 is 0.911 bits per heavy atom. The van der Waals surface area contributed by atoms with Gasteiger partial charge in [-0.05, 0) is 144 Å². The minimum Gasteiger partial charge on any atom is -0.461 e. The fourth-order valence-corrected chi connectivity index (χ4v) is 6.40. The van der Waals surface area contributed by atoms with Crippen molar-refractivity contribution in [1.82, 2.24) is 9.97 Å². The highest BCUT2D eigenvalue weighted by Gasteiger charge is 2.63. The van der Waals surface area contributed by atoms with Gasteiger partial charge in [0.2, 0.25) is 0 Å². The SMILES string of the molecule is CC1(C)OB(B2OC(C)(C)C(C)(C)O2)OC1(C)C.CCOC(=O)c1cc2cc(B3OC(C)(C)C(C)(C)O3)ccc2[nH]1.CCOC(=O)c1cc2cc(Br)ccc2[nH]1. The predicted octanol–water partition coefficient (Wildman–Crippen LogP) is 8.00. The number of rotatable bonds is 6. The number of hydrogen-bond donors (Lipinski definition) is 2. The Morgan fingerprint density at radius 1 is 0.554 bits per heavy atom. The van der Waals surface area contributed by atoms with E-state index in [1.807, 2.05) is 119 Å². The number of nitrogens with one attached hydrogen (secondary N) is 2. The molecule has 2 aromatic carbocycles. The molecular weight excluding hydrogens is 781 g/mol. The molecule has 3 fully saturated rings. The molecule has 0 radical (unpaired) electrons. The highest BCUT2D eigenvalue weighted by molar-refractivity contribution is 9.10. The Morgan fingerprint density at radius 3 is 1.30 bits per heavy atom. The molecule has 0 atom stereocenters. The second-order valence-electron chi connectivity index (χ2n) is 17.2. The van der Waals surface area contributed by atoms with Crippen molar-refractivity contribution in [2.24, 2.45) is 0 Å². The van der Waals surface area contributed by atoms with E-state index < -0.39 is 21.1 Å². The van der Waals surface area contributed by atoms with Crippen molar-refractivity contribution in [3.8, 4) is 0 Å². The van der Waals surface area contributed by atoms with E-state index >= 15 is 0 Å². The van der Waals surface area contributed by atoms with E-state index in [0.29, 0.717) is 24.6 Å². The van der Waals surface area contributed by atoms with Gasteiger partial charge in [-0.2, -0.15) is 0 Å². The summed E-state index contributed by atoms with van der Waals surface area (Å²) in [4.78, 5) is 29.3. The number of H-pyrrole nitrogens is 2. The van der Waals surface area contributed by atoms with Gasteiger partial charge in [-0.25, -0.2) is 9.59 Å². The normalized spacial score (nSPS) is 21.0. The molecule has 16 heteroatoms. The third-order valence-corrected chi connectivity index (χ3v) is 12.0. The van der Waals surface area contributed by atoms with Crippen LogP contribution in [0, 0.1) is 0 Å². The van der Waals surface area contributed by atoms with Crippen molar-refractivity contribution in [2.45, 2.75) is 131 Å². The lowest BCUT2D eigenvalue weighted by Crippen LogP contribution is -2.41. The highest BCUT2D eigenvalue weighted by Crippen LogP contribution is 2.43. The lowest BCUT2D eigenvalue weighted by molar-refractivity contribution is 0.00578.